The van der Waals surface area contributed by atoms with E-state index in [-0.39, 0.29) is 40.4 Å². The number of rotatable bonds is 5. The number of benzene rings is 2. The van der Waals surface area contributed by atoms with Gasteiger partial charge >= 0.3 is 0 Å². The molecule has 33 heavy (non-hydrogen) atoms. The average molecular weight is 464 g/mol. The molecule has 1 aliphatic rings. The minimum Gasteiger partial charge on any atom is -0.453 e. The number of hydrogen-bond donors (Lipinski definition) is 0. The molecule has 2 atom stereocenters. The zero-order chi connectivity index (χ0) is 22.9. The summed E-state index contributed by atoms with van der Waals surface area (Å²) >= 11 is 0. The highest BCUT2D eigenvalue weighted by Gasteiger charge is 2.35. The summed E-state index contributed by atoms with van der Waals surface area (Å²) < 4.78 is 19.2. The van der Waals surface area contributed by atoms with Crippen molar-refractivity contribution in [3.63, 3.8) is 0 Å². The molecule has 0 radical (unpaired) electrons. The van der Waals surface area contributed by atoms with Crippen LogP contribution in [0.25, 0.3) is 21.4 Å². The molecule has 0 aliphatic carbocycles. The number of aromatic nitrogens is 1. The van der Waals surface area contributed by atoms with Crippen molar-refractivity contribution >= 4 is 33.1 Å². The van der Waals surface area contributed by atoms with E-state index in [1.54, 1.807) is 28.6 Å². The van der Waals surface area contributed by atoms with Gasteiger partial charge in [0.2, 0.25) is 10.4 Å². The third kappa shape index (κ3) is 4.20. The highest BCUT2D eigenvalue weighted by Crippen LogP contribution is 2.36. The van der Waals surface area contributed by atoms with Crippen LogP contribution < -0.4 is 0 Å². The number of para-hydroxylation sites is 1. The summed E-state index contributed by atoms with van der Waals surface area (Å²) in [6.07, 6.45) is 4.83. The maximum Gasteiger partial charge on any atom is 0.278 e. The Labute approximate surface area is 193 Å². The van der Waals surface area contributed by atoms with E-state index < -0.39 is 0 Å². The minimum absolute atomic E-state index is 0.103. The molecule has 0 bridgehead atoms. The van der Waals surface area contributed by atoms with Gasteiger partial charge in [0, 0.05) is 40.4 Å². The van der Waals surface area contributed by atoms with Gasteiger partial charge in [0.05, 0.1) is 0 Å². The first-order chi connectivity index (χ1) is 16.0. The molecule has 168 valence electrons. The summed E-state index contributed by atoms with van der Waals surface area (Å²) in [7, 11) is -0.348. The van der Waals surface area contributed by atoms with E-state index in [1.165, 1.54) is 12.1 Å². The molecule has 1 aliphatic heterocycles. The Bertz CT molecular complexity index is 1290. The highest BCUT2D eigenvalue weighted by molar-refractivity contribution is 7.31. The quantitative estimate of drug-likeness (QED) is 0.262. The molecule has 3 heterocycles. The second kappa shape index (κ2) is 8.90. The normalized spacial score (nSPS) is 16.8. The molecule has 2 aromatic heterocycles. The molecule has 5 nitrogen and oxygen atoms in total. The minimum atomic E-state index is -0.348. The predicted octanol–water partition coefficient (Wildman–Crippen LogP) is 6.19. The van der Waals surface area contributed by atoms with E-state index in [9.17, 15) is 14.0 Å². The number of fused-ring (bicyclic) bond motifs is 1. The number of nitrogens with zero attached hydrogens (tertiary/aromatic N) is 2. The number of ketones is 1. The average Bonchev–Trinajstić information content (AvgIpc) is 3.43. The smallest absolute Gasteiger partial charge is 0.278 e. The molecule has 0 N–H and O–H groups in total. The van der Waals surface area contributed by atoms with Crippen LogP contribution in [0.1, 0.15) is 46.7 Å². The molecule has 1 amide bonds. The van der Waals surface area contributed by atoms with Crippen LogP contribution in [0.2, 0.25) is 0 Å². The number of halogens is 1. The highest BCUT2D eigenvalue weighted by atomic mass is 32.2. The summed E-state index contributed by atoms with van der Waals surface area (Å²) in [5.41, 5.74) is 3.66. The fraction of sp³-hybridized carbons (Fsp3) is 0.269. The van der Waals surface area contributed by atoms with E-state index in [2.05, 4.69) is 4.98 Å². The fourth-order valence-electron chi connectivity index (χ4n) is 4.52. The number of furan rings is 1. The molecule has 7 heteroatoms. The van der Waals surface area contributed by atoms with Gasteiger partial charge < -0.3 is 9.32 Å². The number of hydrogen-bond acceptors (Lipinski definition) is 4. The first-order valence-corrected chi connectivity index (χ1v) is 12.7. The van der Waals surface area contributed by atoms with Gasteiger partial charge in [-0.25, -0.2) is 4.39 Å². The Hall–Kier alpha value is -3.32. The van der Waals surface area contributed by atoms with Crippen molar-refractivity contribution in [2.45, 2.75) is 31.7 Å². The second-order valence-corrected chi connectivity index (χ2v) is 10.1. The standard InChI is InChI=1S/C26H24FN2O3S/c1-33-16-28-24(25(33)17-9-11-19(27)12-10-17)26(31)29-13-5-4-7-20(29)15-21(30)23-14-18-6-2-3-8-22(18)32-23/h2-3,6,8-12,14,16,20H,4-5,7,13,15H2,1H3/q+1. The van der Waals surface area contributed by atoms with Crippen LogP contribution in [-0.4, -0.2) is 34.2 Å². The summed E-state index contributed by atoms with van der Waals surface area (Å²) in [5, 5.41) is 0.891. The van der Waals surface area contributed by atoms with Gasteiger partial charge in [0.25, 0.3) is 5.91 Å². The van der Waals surface area contributed by atoms with E-state index >= 15 is 0 Å². The van der Waals surface area contributed by atoms with Crippen LogP contribution in [0.4, 0.5) is 4.39 Å². The monoisotopic (exact) mass is 463 g/mol. The lowest BCUT2D eigenvalue weighted by Crippen LogP contribution is -2.45. The van der Waals surface area contributed by atoms with Gasteiger partial charge in [-0.2, -0.15) is 4.98 Å². The third-order valence-corrected chi connectivity index (χ3v) is 7.69. The van der Waals surface area contributed by atoms with Crippen LogP contribution in [0, 0.1) is 5.82 Å². The van der Waals surface area contributed by atoms with Crippen molar-refractivity contribution in [2.24, 2.45) is 6.26 Å². The van der Waals surface area contributed by atoms with Crippen molar-refractivity contribution < 1.29 is 18.4 Å². The first-order valence-electron chi connectivity index (χ1n) is 11.0. The van der Waals surface area contributed by atoms with Crippen LogP contribution >= 0.6 is 10.5 Å². The van der Waals surface area contributed by atoms with Crippen molar-refractivity contribution in [2.75, 3.05) is 6.54 Å². The number of thiazole rings is 1. The third-order valence-electron chi connectivity index (χ3n) is 6.20. The fourth-order valence-corrected chi connectivity index (χ4v) is 5.84. The predicted molar refractivity (Wildman–Crippen MR) is 127 cm³/mol. The van der Waals surface area contributed by atoms with E-state index in [0.717, 1.165) is 35.1 Å². The molecule has 5 rings (SSSR count). The van der Waals surface area contributed by atoms with Crippen LogP contribution in [0.3, 0.4) is 0 Å². The maximum atomic E-state index is 13.6. The topological polar surface area (TPSA) is 63.4 Å². The summed E-state index contributed by atoms with van der Waals surface area (Å²) in [6.45, 7) is 0.587. The number of likely N-dealkylation sites (tertiary alicyclic amines) is 1. The Balaban J connectivity index is 1.40. The van der Waals surface area contributed by atoms with E-state index in [4.69, 9.17) is 4.42 Å². The molecule has 0 saturated carbocycles. The number of piperidine rings is 1. The van der Waals surface area contributed by atoms with Gasteiger partial charge in [-0.05, 0) is 55.7 Å². The number of aryl methyl sites for hydroxylation is 1. The Morgan fingerprint density at radius 2 is 1.94 bits per heavy atom. The molecule has 1 fully saturated rings. The lowest BCUT2D eigenvalue weighted by molar-refractivity contribution is 0.0580. The Kier molecular flexibility index (Phi) is 5.81. The van der Waals surface area contributed by atoms with Crippen molar-refractivity contribution in [1.29, 1.82) is 0 Å². The number of amides is 1. The lowest BCUT2D eigenvalue weighted by Gasteiger charge is -2.34. The largest absolute Gasteiger partial charge is 0.453 e. The van der Waals surface area contributed by atoms with E-state index in [0.29, 0.717) is 23.6 Å². The van der Waals surface area contributed by atoms with Crippen LogP contribution in [0.15, 0.2) is 64.5 Å². The second-order valence-electron chi connectivity index (χ2n) is 8.40. The van der Waals surface area contributed by atoms with Crippen LogP contribution in [0.5, 0.6) is 0 Å². The zero-order valence-electron chi connectivity index (χ0n) is 18.3. The molecule has 2 aromatic carbocycles. The lowest BCUT2D eigenvalue weighted by atomic mass is 9.96. The molecular weight excluding hydrogens is 439 g/mol. The van der Waals surface area contributed by atoms with Crippen LogP contribution in [-0.2, 0) is 6.26 Å². The summed E-state index contributed by atoms with van der Waals surface area (Å²) in [6, 6.07) is 15.3. The number of Topliss-reactive ketones (excluding diaryl/α,β-unsaturated/α-hetero) is 1. The van der Waals surface area contributed by atoms with Gasteiger partial charge in [-0.1, -0.05) is 18.2 Å². The number of carbonyl (C=O) groups is 2. The van der Waals surface area contributed by atoms with Crippen molar-refractivity contribution in [1.82, 2.24) is 9.88 Å². The summed E-state index contributed by atoms with van der Waals surface area (Å²) in [5.74, 6) is -0.255. The summed E-state index contributed by atoms with van der Waals surface area (Å²) in [4.78, 5) is 33.7. The molecule has 2 unspecified atom stereocenters. The van der Waals surface area contributed by atoms with Gasteiger partial charge in [0.15, 0.2) is 17.2 Å². The molecule has 1 saturated heterocycles. The van der Waals surface area contributed by atoms with Gasteiger partial charge in [0.1, 0.15) is 17.7 Å². The maximum absolute atomic E-state index is 13.6. The molecule has 4 aromatic rings. The first kappa shape index (κ1) is 21.5. The van der Waals surface area contributed by atoms with Crippen molar-refractivity contribution in [3.8, 4) is 10.4 Å². The van der Waals surface area contributed by atoms with Crippen molar-refractivity contribution in [3.05, 3.63) is 77.4 Å². The number of carbonyl (C=O) groups excluding carboxylic acids is 2. The van der Waals surface area contributed by atoms with E-state index in [1.807, 2.05) is 30.5 Å². The zero-order valence-corrected chi connectivity index (χ0v) is 19.1. The van der Waals surface area contributed by atoms with Gasteiger partial charge in [-0.15, -0.1) is 0 Å². The molecular formula is C26H24FN2O3S+. The molecule has 0 spiro atoms. The SMILES string of the molecule is C[s+]1cnc(C(=O)N2CCCCC2CC(=O)c2cc3ccccc3o2)c1-c1ccc(F)cc1. The van der Waals surface area contributed by atoms with Gasteiger partial charge in [-0.3, -0.25) is 9.59 Å². The Morgan fingerprint density at radius 3 is 2.73 bits per heavy atom. The Morgan fingerprint density at radius 1 is 1.15 bits per heavy atom.